The number of rotatable bonds is 4. The van der Waals surface area contributed by atoms with Gasteiger partial charge in [0.15, 0.2) is 0 Å². The molecule has 1 rings (SSSR count). The lowest BCUT2D eigenvalue weighted by Crippen LogP contribution is -2.41. The van der Waals surface area contributed by atoms with Crippen LogP contribution in [0.1, 0.15) is 29.8 Å². The molecule has 0 spiro atoms. The summed E-state index contributed by atoms with van der Waals surface area (Å²) in [5.41, 5.74) is 0.451. The Bertz CT molecular complexity index is 404. The van der Waals surface area contributed by atoms with Crippen LogP contribution in [0, 0.1) is 18.7 Å². The number of aliphatic hydroxyl groups is 1. The van der Waals surface area contributed by atoms with Crippen molar-refractivity contribution in [2.45, 2.75) is 26.8 Å². The van der Waals surface area contributed by atoms with Crippen molar-refractivity contribution in [2.75, 3.05) is 6.61 Å². The van der Waals surface area contributed by atoms with E-state index < -0.39 is 11.7 Å². The van der Waals surface area contributed by atoms with Gasteiger partial charge >= 0.3 is 0 Å². The maximum atomic E-state index is 13.7. The fourth-order valence-corrected chi connectivity index (χ4v) is 1.49. The molecular weight excluding hydrogens is 221 g/mol. The van der Waals surface area contributed by atoms with Crippen molar-refractivity contribution in [1.29, 1.82) is 0 Å². The molecule has 1 aromatic carbocycles. The highest BCUT2D eigenvalue weighted by Gasteiger charge is 2.18. The van der Waals surface area contributed by atoms with Gasteiger partial charge in [0.05, 0.1) is 18.2 Å². The third-order valence-corrected chi connectivity index (χ3v) is 2.75. The van der Waals surface area contributed by atoms with Gasteiger partial charge in [-0.2, -0.15) is 0 Å². The van der Waals surface area contributed by atoms with E-state index in [1.807, 2.05) is 13.8 Å². The zero-order valence-electron chi connectivity index (χ0n) is 10.3. The number of amides is 1. The van der Waals surface area contributed by atoms with Gasteiger partial charge in [0.25, 0.3) is 5.91 Å². The molecule has 4 heteroatoms. The summed E-state index contributed by atoms with van der Waals surface area (Å²) in [6.07, 6.45) is 0. The van der Waals surface area contributed by atoms with Crippen LogP contribution in [0.2, 0.25) is 0 Å². The molecule has 3 nitrogen and oxygen atoms in total. The molecule has 0 aliphatic rings. The second-order valence-corrected chi connectivity index (χ2v) is 4.44. The lowest BCUT2D eigenvalue weighted by molar-refractivity contribution is 0.0892. The van der Waals surface area contributed by atoms with Crippen LogP contribution in [0.25, 0.3) is 0 Å². The van der Waals surface area contributed by atoms with Crippen LogP contribution in [0.4, 0.5) is 4.39 Å². The van der Waals surface area contributed by atoms with Gasteiger partial charge in [0.1, 0.15) is 5.82 Å². The predicted molar refractivity (Wildman–Crippen MR) is 64.3 cm³/mol. The Kier molecular flexibility index (Phi) is 4.63. The van der Waals surface area contributed by atoms with Gasteiger partial charge < -0.3 is 10.4 Å². The summed E-state index contributed by atoms with van der Waals surface area (Å²) >= 11 is 0. The summed E-state index contributed by atoms with van der Waals surface area (Å²) in [7, 11) is 0. The molecule has 1 aromatic rings. The number of aliphatic hydroxyl groups excluding tert-OH is 1. The molecule has 0 aliphatic heterocycles. The molecule has 1 unspecified atom stereocenters. The normalized spacial score (nSPS) is 12.6. The summed E-state index contributed by atoms with van der Waals surface area (Å²) in [6.45, 7) is 5.22. The average Bonchev–Trinajstić information content (AvgIpc) is 2.28. The molecular formula is C13H18FNO2. The highest BCUT2D eigenvalue weighted by atomic mass is 19.1. The van der Waals surface area contributed by atoms with Crippen molar-refractivity contribution >= 4 is 5.91 Å². The van der Waals surface area contributed by atoms with Gasteiger partial charge in [-0.1, -0.05) is 26.0 Å². The molecule has 0 saturated heterocycles. The monoisotopic (exact) mass is 239 g/mol. The maximum Gasteiger partial charge on any atom is 0.254 e. The van der Waals surface area contributed by atoms with Crippen molar-refractivity contribution in [2.24, 2.45) is 5.92 Å². The fraction of sp³-hybridized carbons (Fsp3) is 0.462. The van der Waals surface area contributed by atoms with E-state index in [1.54, 1.807) is 19.1 Å². The van der Waals surface area contributed by atoms with E-state index in [4.69, 9.17) is 5.11 Å². The van der Waals surface area contributed by atoms with Crippen molar-refractivity contribution < 1.29 is 14.3 Å². The molecule has 0 saturated carbocycles. The lowest BCUT2D eigenvalue weighted by Gasteiger charge is -2.20. The Morgan fingerprint density at radius 3 is 2.65 bits per heavy atom. The molecule has 0 radical (unpaired) electrons. The van der Waals surface area contributed by atoms with Crippen LogP contribution < -0.4 is 5.32 Å². The molecule has 0 bridgehead atoms. The van der Waals surface area contributed by atoms with Crippen molar-refractivity contribution in [3.8, 4) is 0 Å². The van der Waals surface area contributed by atoms with E-state index in [-0.39, 0.29) is 24.1 Å². The molecule has 0 aromatic heterocycles. The average molecular weight is 239 g/mol. The fourth-order valence-electron chi connectivity index (χ4n) is 1.49. The minimum Gasteiger partial charge on any atom is -0.394 e. The van der Waals surface area contributed by atoms with Crippen molar-refractivity contribution in [3.63, 3.8) is 0 Å². The van der Waals surface area contributed by atoms with E-state index >= 15 is 0 Å². The van der Waals surface area contributed by atoms with Crippen LogP contribution >= 0.6 is 0 Å². The highest BCUT2D eigenvalue weighted by molar-refractivity contribution is 5.94. The summed E-state index contributed by atoms with van der Waals surface area (Å²) < 4.78 is 13.7. The number of carbonyl (C=O) groups is 1. The van der Waals surface area contributed by atoms with Crippen LogP contribution in [0.15, 0.2) is 18.2 Å². The maximum absolute atomic E-state index is 13.7. The zero-order valence-corrected chi connectivity index (χ0v) is 10.3. The second kappa shape index (κ2) is 5.77. The number of carbonyl (C=O) groups excluding carboxylic acids is 1. The van der Waals surface area contributed by atoms with Gasteiger partial charge in [-0.3, -0.25) is 4.79 Å². The molecule has 94 valence electrons. The standard InChI is InChI=1S/C13H18FNO2/c1-8(2)11(7-16)15-13(17)10-6-4-5-9(3)12(10)14/h4-6,8,11,16H,7H2,1-3H3,(H,15,17). The van der Waals surface area contributed by atoms with E-state index in [0.717, 1.165) is 0 Å². The Balaban J connectivity index is 2.86. The van der Waals surface area contributed by atoms with Crippen LogP contribution in [0.3, 0.4) is 0 Å². The van der Waals surface area contributed by atoms with E-state index in [9.17, 15) is 9.18 Å². The molecule has 1 atom stereocenters. The molecule has 0 aliphatic carbocycles. The van der Waals surface area contributed by atoms with Gasteiger partial charge in [-0.15, -0.1) is 0 Å². The first-order chi connectivity index (χ1) is 7.97. The van der Waals surface area contributed by atoms with E-state index in [0.29, 0.717) is 5.56 Å². The molecule has 17 heavy (non-hydrogen) atoms. The summed E-state index contributed by atoms with van der Waals surface area (Å²) in [5.74, 6) is -0.902. The molecule has 1 amide bonds. The SMILES string of the molecule is Cc1cccc(C(=O)NC(CO)C(C)C)c1F. The Morgan fingerprint density at radius 2 is 2.12 bits per heavy atom. The Labute approximate surface area is 101 Å². The van der Waals surface area contributed by atoms with Crippen molar-refractivity contribution in [3.05, 3.63) is 35.1 Å². The second-order valence-electron chi connectivity index (χ2n) is 4.44. The largest absolute Gasteiger partial charge is 0.394 e. The lowest BCUT2D eigenvalue weighted by atomic mass is 10.0. The topological polar surface area (TPSA) is 49.3 Å². The number of hydrogen-bond donors (Lipinski definition) is 2. The zero-order chi connectivity index (χ0) is 13.0. The van der Waals surface area contributed by atoms with Gasteiger partial charge in [0, 0.05) is 0 Å². The Hall–Kier alpha value is -1.42. The minimum absolute atomic E-state index is 0.0177. The smallest absolute Gasteiger partial charge is 0.254 e. The summed E-state index contributed by atoms with van der Waals surface area (Å²) in [6, 6.07) is 4.32. The van der Waals surface area contributed by atoms with Gasteiger partial charge in [0.2, 0.25) is 0 Å². The first kappa shape index (κ1) is 13.6. The number of aryl methyl sites for hydroxylation is 1. The minimum atomic E-state index is -0.509. The third-order valence-electron chi connectivity index (χ3n) is 2.75. The first-order valence-electron chi connectivity index (χ1n) is 5.64. The third kappa shape index (κ3) is 3.27. The number of nitrogens with one attached hydrogen (secondary N) is 1. The number of hydrogen-bond acceptors (Lipinski definition) is 2. The summed E-state index contributed by atoms with van der Waals surface area (Å²) in [5, 5.41) is 11.7. The number of halogens is 1. The highest BCUT2D eigenvalue weighted by Crippen LogP contribution is 2.12. The Morgan fingerprint density at radius 1 is 1.47 bits per heavy atom. The van der Waals surface area contributed by atoms with Crippen LogP contribution in [0.5, 0.6) is 0 Å². The van der Waals surface area contributed by atoms with Crippen LogP contribution in [-0.4, -0.2) is 23.7 Å². The van der Waals surface area contributed by atoms with Crippen molar-refractivity contribution in [1.82, 2.24) is 5.32 Å². The number of benzene rings is 1. The van der Waals surface area contributed by atoms with Gasteiger partial charge in [-0.05, 0) is 24.5 Å². The molecule has 2 N–H and O–H groups in total. The molecule has 0 heterocycles. The first-order valence-corrected chi connectivity index (χ1v) is 5.64. The van der Waals surface area contributed by atoms with E-state index in [2.05, 4.69) is 5.32 Å². The van der Waals surface area contributed by atoms with E-state index in [1.165, 1.54) is 6.07 Å². The predicted octanol–water partition coefficient (Wildman–Crippen LogP) is 1.88. The molecule has 0 fully saturated rings. The quantitative estimate of drug-likeness (QED) is 0.842. The van der Waals surface area contributed by atoms with Gasteiger partial charge in [-0.25, -0.2) is 4.39 Å². The summed E-state index contributed by atoms with van der Waals surface area (Å²) in [4.78, 5) is 11.8. The van der Waals surface area contributed by atoms with Crippen LogP contribution in [-0.2, 0) is 0 Å².